The third kappa shape index (κ3) is 2.44. The Bertz CT molecular complexity index is 332. The highest BCUT2D eigenvalue weighted by atomic mass is 35.5. The van der Waals surface area contributed by atoms with Crippen molar-refractivity contribution in [1.29, 1.82) is 0 Å². The van der Waals surface area contributed by atoms with E-state index in [-0.39, 0.29) is 5.41 Å². The fraction of sp³-hybridized carbons (Fsp3) is 0.500. The zero-order valence-electron chi connectivity index (χ0n) is 8.58. The first-order chi connectivity index (χ1) is 7.24. The van der Waals surface area contributed by atoms with Gasteiger partial charge in [-0.25, -0.2) is 0 Å². The summed E-state index contributed by atoms with van der Waals surface area (Å²) in [5, 5.41) is 9.38. The molecule has 1 aliphatic heterocycles. The lowest BCUT2D eigenvalue weighted by molar-refractivity contribution is 0.161. The van der Waals surface area contributed by atoms with Gasteiger partial charge in [0.15, 0.2) is 0 Å². The molecule has 1 atom stereocenters. The molecule has 0 aromatic heterocycles. The molecule has 0 bridgehead atoms. The average molecular weight is 227 g/mol. The predicted octanol–water partition coefficient (Wildman–Crippen LogP) is 2.58. The summed E-state index contributed by atoms with van der Waals surface area (Å²) in [4.78, 5) is 0. The molecule has 3 heteroatoms. The fourth-order valence-electron chi connectivity index (χ4n) is 2.04. The number of phenols is 1. The minimum absolute atomic E-state index is 0.0648. The summed E-state index contributed by atoms with van der Waals surface area (Å²) in [6.45, 7) is 1.53. The highest BCUT2D eigenvalue weighted by molar-refractivity contribution is 6.18. The van der Waals surface area contributed by atoms with Crippen LogP contribution < -0.4 is 0 Å². The Morgan fingerprint density at radius 2 is 2.33 bits per heavy atom. The molecule has 1 aromatic carbocycles. The molecule has 1 fully saturated rings. The topological polar surface area (TPSA) is 29.5 Å². The second-order valence-electron chi connectivity index (χ2n) is 4.28. The second kappa shape index (κ2) is 4.42. The fourth-order valence-corrected chi connectivity index (χ4v) is 2.35. The van der Waals surface area contributed by atoms with Crippen LogP contribution in [0.1, 0.15) is 12.0 Å². The van der Waals surface area contributed by atoms with Gasteiger partial charge in [-0.1, -0.05) is 12.1 Å². The van der Waals surface area contributed by atoms with E-state index in [2.05, 4.69) is 0 Å². The number of rotatable bonds is 3. The Hall–Kier alpha value is -0.730. The normalized spacial score (nSPS) is 25.7. The van der Waals surface area contributed by atoms with E-state index in [9.17, 15) is 5.11 Å². The molecule has 1 N–H and O–H groups in total. The van der Waals surface area contributed by atoms with Gasteiger partial charge < -0.3 is 9.84 Å². The molecule has 2 rings (SSSR count). The van der Waals surface area contributed by atoms with Gasteiger partial charge >= 0.3 is 0 Å². The monoisotopic (exact) mass is 226 g/mol. The van der Waals surface area contributed by atoms with Crippen molar-refractivity contribution in [3.8, 4) is 5.75 Å². The Labute approximate surface area is 94.8 Å². The van der Waals surface area contributed by atoms with Gasteiger partial charge in [-0.3, -0.25) is 0 Å². The van der Waals surface area contributed by atoms with E-state index < -0.39 is 0 Å². The number of hydrogen-bond acceptors (Lipinski definition) is 2. The lowest BCUT2D eigenvalue weighted by Gasteiger charge is -2.24. The molecule has 1 aliphatic rings. The van der Waals surface area contributed by atoms with E-state index in [0.717, 1.165) is 31.6 Å². The van der Waals surface area contributed by atoms with Gasteiger partial charge in [0.1, 0.15) is 5.75 Å². The maximum absolute atomic E-state index is 9.38. The number of alkyl halides is 1. The van der Waals surface area contributed by atoms with Crippen molar-refractivity contribution in [2.45, 2.75) is 12.8 Å². The molecular formula is C12H15ClO2. The molecule has 1 unspecified atom stereocenters. The second-order valence-corrected chi connectivity index (χ2v) is 4.55. The summed E-state index contributed by atoms with van der Waals surface area (Å²) >= 11 is 6.01. The van der Waals surface area contributed by atoms with Gasteiger partial charge in [0.25, 0.3) is 0 Å². The van der Waals surface area contributed by atoms with Crippen LogP contribution in [0.15, 0.2) is 24.3 Å². The van der Waals surface area contributed by atoms with Crippen LogP contribution in [0.25, 0.3) is 0 Å². The summed E-state index contributed by atoms with van der Waals surface area (Å²) in [6, 6.07) is 7.36. The number of aromatic hydroxyl groups is 1. The standard InChI is InChI=1S/C12H15ClO2/c13-8-12(4-5-15-9-12)7-10-2-1-3-11(14)6-10/h1-3,6,14H,4-5,7-9H2. The highest BCUT2D eigenvalue weighted by Crippen LogP contribution is 2.34. The number of halogens is 1. The largest absolute Gasteiger partial charge is 0.508 e. The first-order valence-corrected chi connectivity index (χ1v) is 5.69. The third-order valence-electron chi connectivity index (χ3n) is 2.96. The van der Waals surface area contributed by atoms with Crippen molar-refractivity contribution in [2.24, 2.45) is 5.41 Å². The SMILES string of the molecule is Oc1cccc(CC2(CCl)CCOC2)c1. The van der Waals surface area contributed by atoms with Crippen molar-refractivity contribution in [1.82, 2.24) is 0 Å². The van der Waals surface area contributed by atoms with Crippen molar-refractivity contribution in [3.63, 3.8) is 0 Å². The quantitative estimate of drug-likeness (QED) is 0.803. The van der Waals surface area contributed by atoms with Gasteiger partial charge in [0, 0.05) is 17.9 Å². The Balaban J connectivity index is 2.12. The zero-order chi connectivity index (χ0) is 10.7. The van der Waals surface area contributed by atoms with Crippen LogP contribution in [0.5, 0.6) is 5.75 Å². The summed E-state index contributed by atoms with van der Waals surface area (Å²) in [5.74, 6) is 0.930. The van der Waals surface area contributed by atoms with Crippen LogP contribution in [-0.4, -0.2) is 24.2 Å². The molecule has 1 aromatic rings. The molecule has 0 saturated carbocycles. The Morgan fingerprint density at radius 3 is 2.93 bits per heavy atom. The minimum atomic E-state index is 0.0648. The number of ether oxygens (including phenoxy) is 1. The molecule has 0 spiro atoms. The zero-order valence-corrected chi connectivity index (χ0v) is 9.33. The van der Waals surface area contributed by atoms with E-state index in [1.165, 1.54) is 0 Å². The average Bonchev–Trinajstić information content (AvgIpc) is 2.67. The van der Waals surface area contributed by atoms with Crippen molar-refractivity contribution in [2.75, 3.05) is 19.1 Å². The van der Waals surface area contributed by atoms with Crippen LogP contribution in [0, 0.1) is 5.41 Å². The summed E-state index contributed by atoms with van der Waals surface area (Å²) in [5.41, 5.74) is 1.19. The van der Waals surface area contributed by atoms with Gasteiger partial charge in [-0.05, 0) is 30.5 Å². The van der Waals surface area contributed by atoms with Crippen molar-refractivity contribution >= 4 is 11.6 Å². The third-order valence-corrected chi connectivity index (χ3v) is 3.53. The summed E-state index contributed by atoms with van der Waals surface area (Å²) < 4.78 is 5.41. The van der Waals surface area contributed by atoms with Gasteiger partial charge in [-0.15, -0.1) is 11.6 Å². The number of benzene rings is 1. The number of phenolic OH excluding ortho intramolecular Hbond substituents is 1. The Morgan fingerprint density at radius 1 is 1.47 bits per heavy atom. The van der Waals surface area contributed by atoms with Gasteiger partial charge in [0.05, 0.1) is 6.61 Å². The van der Waals surface area contributed by atoms with Crippen LogP contribution in [-0.2, 0) is 11.2 Å². The number of hydrogen-bond donors (Lipinski definition) is 1. The molecular weight excluding hydrogens is 212 g/mol. The molecule has 2 nitrogen and oxygen atoms in total. The van der Waals surface area contributed by atoms with E-state index >= 15 is 0 Å². The van der Waals surface area contributed by atoms with Crippen LogP contribution in [0.3, 0.4) is 0 Å². The van der Waals surface area contributed by atoms with Crippen LogP contribution in [0.2, 0.25) is 0 Å². The lowest BCUT2D eigenvalue weighted by Crippen LogP contribution is -2.26. The first-order valence-electron chi connectivity index (χ1n) is 5.16. The highest BCUT2D eigenvalue weighted by Gasteiger charge is 2.34. The summed E-state index contributed by atoms with van der Waals surface area (Å²) in [6.07, 6.45) is 1.89. The van der Waals surface area contributed by atoms with E-state index in [0.29, 0.717) is 11.6 Å². The smallest absolute Gasteiger partial charge is 0.115 e. The maximum atomic E-state index is 9.38. The van der Waals surface area contributed by atoms with E-state index in [1.807, 2.05) is 12.1 Å². The summed E-state index contributed by atoms with van der Waals surface area (Å²) in [7, 11) is 0. The molecule has 0 radical (unpaired) electrons. The van der Waals surface area contributed by atoms with Crippen LogP contribution >= 0.6 is 11.6 Å². The van der Waals surface area contributed by atoms with E-state index in [1.54, 1.807) is 12.1 Å². The molecule has 82 valence electrons. The van der Waals surface area contributed by atoms with Crippen molar-refractivity contribution in [3.05, 3.63) is 29.8 Å². The minimum Gasteiger partial charge on any atom is -0.508 e. The molecule has 1 saturated heterocycles. The Kier molecular flexibility index (Phi) is 3.17. The first kappa shape index (κ1) is 10.8. The van der Waals surface area contributed by atoms with E-state index in [4.69, 9.17) is 16.3 Å². The predicted molar refractivity (Wildman–Crippen MR) is 60.4 cm³/mol. The van der Waals surface area contributed by atoms with Gasteiger partial charge in [0.2, 0.25) is 0 Å². The molecule has 0 amide bonds. The molecule has 15 heavy (non-hydrogen) atoms. The lowest BCUT2D eigenvalue weighted by atomic mass is 9.83. The molecule has 0 aliphatic carbocycles. The maximum Gasteiger partial charge on any atom is 0.115 e. The van der Waals surface area contributed by atoms with Gasteiger partial charge in [-0.2, -0.15) is 0 Å². The van der Waals surface area contributed by atoms with Crippen LogP contribution in [0.4, 0.5) is 0 Å². The van der Waals surface area contributed by atoms with Crippen molar-refractivity contribution < 1.29 is 9.84 Å². The molecule has 1 heterocycles.